The van der Waals surface area contributed by atoms with Gasteiger partial charge in [-0.3, -0.25) is 0 Å². The minimum Gasteiger partial charge on any atom is -0.313 e. The molecule has 108 valence electrons. The van der Waals surface area contributed by atoms with Crippen LogP contribution < -0.4 is 5.32 Å². The van der Waals surface area contributed by atoms with Crippen molar-refractivity contribution in [2.45, 2.75) is 33.2 Å². The Labute approximate surface area is 117 Å². The summed E-state index contributed by atoms with van der Waals surface area (Å²) in [7, 11) is 4.01. The van der Waals surface area contributed by atoms with Gasteiger partial charge in [-0.1, -0.05) is 39.0 Å². The summed E-state index contributed by atoms with van der Waals surface area (Å²) >= 11 is 0. The molecule has 19 heavy (non-hydrogen) atoms. The lowest BCUT2D eigenvalue weighted by atomic mass is 9.96. The maximum absolute atomic E-state index is 13.8. The van der Waals surface area contributed by atoms with Gasteiger partial charge in [0.2, 0.25) is 0 Å². The van der Waals surface area contributed by atoms with Crippen LogP contribution in [0.15, 0.2) is 24.3 Å². The maximum Gasteiger partial charge on any atom is 0.127 e. The van der Waals surface area contributed by atoms with Crippen LogP contribution in [0.5, 0.6) is 0 Å². The molecular weight excluding hydrogens is 239 g/mol. The highest BCUT2D eigenvalue weighted by Crippen LogP contribution is 2.21. The number of benzene rings is 1. The first-order valence-corrected chi connectivity index (χ1v) is 6.94. The van der Waals surface area contributed by atoms with Crippen LogP contribution in [0.2, 0.25) is 0 Å². The van der Waals surface area contributed by atoms with Crippen molar-refractivity contribution in [3.8, 4) is 0 Å². The standard InChI is InChI=1S/C16H27FN2/c1-16(2,3)12-19(5)11-10-15(18-4)13-8-6-7-9-14(13)17/h6-9,15,18H,10-12H2,1-5H3. The van der Waals surface area contributed by atoms with E-state index in [4.69, 9.17) is 0 Å². The lowest BCUT2D eigenvalue weighted by Crippen LogP contribution is -2.32. The Morgan fingerprint density at radius 3 is 2.42 bits per heavy atom. The van der Waals surface area contributed by atoms with E-state index in [1.807, 2.05) is 19.2 Å². The minimum atomic E-state index is -0.125. The van der Waals surface area contributed by atoms with E-state index in [0.29, 0.717) is 5.41 Å². The molecule has 0 aliphatic carbocycles. The van der Waals surface area contributed by atoms with Crippen molar-refractivity contribution < 1.29 is 4.39 Å². The second-order valence-corrected chi connectivity index (χ2v) is 6.45. The average molecular weight is 266 g/mol. The smallest absolute Gasteiger partial charge is 0.127 e. The Morgan fingerprint density at radius 1 is 1.26 bits per heavy atom. The van der Waals surface area contributed by atoms with Crippen LogP contribution in [0, 0.1) is 11.2 Å². The monoisotopic (exact) mass is 266 g/mol. The Bertz CT molecular complexity index is 385. The highest BCUT2D eigenvalue weighted by atomic mass is 19.1. The molecule has 3 heteroatoms. The van der Waals surface area contributed by atoms with Crippen LogP contribution >= 0.6 is 0 Å². The molecule has 1 rings (SSSR count). The van der Waals surface area contributed by atoms with Crippen LogP contribution in [-0.2, 0) is 0 Å². The quantitative estimate of drug-likeness (QED) is 0.848. The Kier molecular flexibility index (Phi) is 5.95. The third-order valence-electron chi connectivity index (χ3n) is 3.17. The topological polar surface area (TPSA) is 15.3 Å². The average Bonchev–Trinajstić information content (AvgIpc) is 2.29. The van der Waals surface area contributed by atoms with Gasteiger partial charge in [0.25, 0.3) is 0 Å². The van der Waals surface area contributed by atoms with Gasteiger partial charge < -0.3 is 10.2 Å². The van der Waals surface area contributed by atoms with Crippen molar-refractivity contribution in [1.29, 1.82) is 0 Å². The van der Waals surface area contributed by atoms with Crippen LogP contribution in [0.4, 0.5) is 4.39 Å². The summed E-state index contributed by atoms with van der Waals surface area (Å²) in [4.78, 5) is 2.31. The zero-order chi connectivity index (χ0) is 14.5. The third-order valence-corrected chi connectivity index (χ3v) is 3.17. The molecule has 2 nitrogen and oxygen atoms in total. The largest absolute Gasteiger partial charge is 0.313 e. The summed E-state index contributed by atoms with van der Waals surface area (Å²) in [5.41, 5.74) is 1.05. The van der Waals surface area contributed by atoms with Crippen molar-refractivity contribution >= 4 is 0 Å². The number of halogens is 1. The second kappa shape index (κ2) is 7.01. The van der Waals surface area contributed by atoms with E-state index in [0.717, 1.165) is 25.1 Å². The fraction of sp³-hybridized carbons (Fsp3) is 0.625. The van der Waals surface area contributed by atoms with E-state index in [1.165, 1.54) is 6.07 Å². The number of nitrogens with zero attached hydrogens (tertiary/aromatic N) is 1. The first-order chi connectivity index (χ1) is 8.83. The van der Waals surface area contributed by atoms with Gasteiger partial charge in [-0.05, 0) is 38.5 Å². The highest BCUT2D eigenvalue weighted by molar-refractivity contribution is 5.21. The SMILES string of the molecule is CNC(CCN(C)CC(C)(C)C)c1ccccc1F. The zero-order valence-electron chi connectivity index (χ0n) is 12.8. The number of rotatable bonds is 6. The van der Waals surface area contributed by atoms with E-state index in [-0.39, 0.29) is 11.9 Å². The lowest BCUT2D eigenvalue weighted by Gasteiger charge is -2.28. The van der Waals surface area contributed by atoms with E-state index in [2.05, 4.69) is 38.0 Å². The van der Waals surface area contributed by atoms with Crippen molar-refractivity contribution in [2.75, 3.05) is 27.2 Å². The molecule has 1 atom stereocenters. The van der Waals surface area contributed by atoms with Gasteiger partial charge in [0.1, 0.15) is 5.82 Å². The van der Waals surface area contributed by atoms with Crippen LogP contribution in [0.1, 0.15) is 38.8 Å². The first kappa shape index (κ1) is 16.1. The first-order valence-electron chi connectivity index (χ1n) is 6.94. The summed E-state index contributed by atoms with van der Waals surface area (Å²) in [6.07, 6.45) is 0.907. The zero-order valence-corrected chi connectivity index (χ0v) is 12.8. The molecule has 1 unspecified atom stereocenters. The highest BCUT2D eigenvalue weighted by Gasteiger charge is 2.17. The second-order valence-electron chi connectivity index (χ2n) is 6.45. The molecule has 0 aromatic heterocycles. The third kappa shape index (κ3) is 5.70. The normalized spacial score (nSPS) is 13.8. The van der Waals surface area contributed by atoms with Crippen molar-refractivity contribution in [3.05, 3.63) is 35.6 Å². The van der Waals surface area contributed by atoms with Gasteiger partial charge in [-0.25, -0.2) is 4.39 Å². The van der Waals surface area contributed by atoms with Gasteiger partial charge in [0, 0.05) is 18.2 Å². The maximum atomic E-state index is 13.8. The molecule has 0 saturated heterocycles. The predicted molar refractivity (Wildman–Crippen MR) is 79.8 cm³/mol. The van der Waals surface area contributed by atoms with Gasteiger partial charge in [-0.2, -0.15) is 0 Å². The molecule has 0 fully saturated rings. The minimum absolute atomic E-state index is 0.0728. The molecule has 1 N–H and O–H groups in total. The molecule has 0 spiro atoms. The van der Waals surface area contributed by atoms with Gasteiger partial charge >= 0.3 is 0 Å². The van der Waals surface area contributed by atoms with Crippen LogP contribution in [-0.4, -0.2) is 32.1 Å². The van der Waals surface area contributed by atoms with Crippen LogP contribution in [0.3, 0.4) is 0 Å². The van der Waals surface area contributed by atoms with Crippen molar-refractivity contribution in [1.82, 2.24) is 10.2 Å². The molecule has 1 aromatic carbocycles. The van der Waals surface area contributed by atoms with E-state index < -0.39 is 0 Å². The number of nitrogens with one attached hydrogen (secondary N) is 1. The van der Waals surface area contributed by atoms with Crippen molar-refractivity contribution in [3.63, 3.8) is 0 Å². The summed E-state index contributed by atoms with van der Waals surface area (Å²) < 4.78 is 13.8. The fourth-order valence-corrected chi connectivity index (χ4v) is 2.45. The summed E-state index contributed by atoms with van der Waals surface area (Å²) in [5.74, 6) is -0.125. The predicted octanol–water partition coefficient (Wildman–Crippen LogP) is 3.45. The Balaban J connectivity index is 2.57. The summed E-state index contributed by atoms with van der Waals surface area (Å²) in [5, 5.41) is 3.21. The van der Waals surface area contributed by atoms with Crippen molar-refractivity contribution in [2.24, 2.45) is 5.41 Å². The fourth-order valence-electron chi connectivity index (χ4n) is 2.45. The van der Waals surface area contributed by atoms with E-state index in [1.54, 1.807) is 6.07 Å². The van der Waals surface area contributed by atoms with E-state index >= 15 is 0 Å². The lowest BCUT2D eigenvalue weighted by molar-refractivity contribution is 0.218. The van der Waals surface area contributed by atoms with Gasteiger partial charge in [0.15, 0.2) is 0 Å². The van der Waals surface area contributed by atoms with Crippen LogP contribution in [0.25, 0.3) is 0 Å². The Morgan fingerprint density at radius 2 is 1.89 bits per heavy atom. The van der Waals surface area contributed by atoms with Gasteiger partial charge in [0.05, 0.1) is 0 Å². The summed E-state index contributed by atoms with van der Waals surface area (Å²) in [6.45, 7) is 8.69. The summed E-state index contributed by atoms with van der Waals surface area (Å²) in [6, 6.07) is 7.08. The molecule has 0 heterocycles. The van der Waals surface area contributed by atoms with Gasteiger partial charge in [-0.15, -0.1) is 0 Å². The molecule has 0 amide bonds. The molecule has 1 aromatic rings. The number of hydrogen-bond donors (Lipinski definition) is 1. The number of hydrogen-bond acceptors (Lipinski definition) is 2. The molecular formula is C16H27FN2. The molecule has 0 saturated carbocycles. The molecule has 0 bridgehead atoms. The Hall–Kier alpha value is -0.930. The molecule has 0 aliphatic heterocycles. The van der Waals surface area contributed by atoms with E-state index in [9.17, 15) is 4.39 Å². The molecule has 0 aliphatic rings. The molecule has 0 radical (unpaired) electrons.